The molecule has 0 radical (unpaired) electrons. The van der Waals surface area contributed by atoms with Crippen molar-refractivity contribution in [1.29, 1.82) is 0 Å². The average Bonchev–Trinajstić information content (AvgIpc) is 2.56. The number of aliphatic carboxylic acids is 1. The fourth-order valence-corrected chi connectivity index (χ4v) is 3.87. The Morgan fingerprint density at radius 3 is 2.60 bits per heavy atom. The molecule has 0 fully saturated rings. The number of nitrogens with zero attached hydrogens (tertiary/aromatic N) is 1. The van der Waals surface area contributed by atoms with Crippen LogP contribution in [0.4, 0.5) is 13.2 Å². The zero-order chi connectivity index (χ0) is 18.4. The predicted octanol–water partition coefficient (Wildman–Crippen LogP) is 4.62. The molecule has 1 N–H and O–H groups in total. The van der Waals surface area contributed by atoms with Crippen LogP contribution in [0.3, 0.4) is 0 Å². The molecule has 1 heterocycles. The van der Waals surface area contributed by atoms with Crippen LogP contribution in [0.2, 0.25) is 0 Å². The van der Waals surface area contributed by atoms with Crippen molar-refractivity contribution in [2.24, 2.45) is 0 Å². The van der Waals surface area contributed by atoms with Crippen LogP contribution in [0.15, 0.2) is 48.2 Å². The Bertz CT molecular complexity index is 659. The van der Waals surface area contributed by atoms with E-state index in [2.05, 4.69) is 0 Å². The van der Waals surface area contributed by atoms with Gasteiger partial charge in [0.1, 0.15) is 11.2 Å². The smallest absolute Gasteiger partial charge is 0.334 e. The van der Waals surface area contributed by atoms with Crippen molar-refractivity contribution >= 4 is 17.7 Å². The minimum absolute atomic E-state index is 0.0771. The van der Waals surface area contributed by atoms with Crippen molar-refractivity contribution < 1.29 is 23.1 Å². The SMILES string of the molecule is CCCN1C=CC=C(C(=O)O)C1SCCC(F)(F)c1ccc(F)cc1. The second-order valence-corrected chi connectivity index (χ2v) is 6.88. The second-order valence-electron chi connectivity index (χ2n) is 5.69. The first-order valence-corrected chi connectivity index (χ1v) is 9.03. The summed E-state index contributed by atoms with van der Waals surface area (Å²) in [5.74, 6) is -4.62. The topological polar surface area (TPSA) is 40.5 Å². The molecular weight excluding hydrogens is 351 g/mol. The molecule has 1 aliphatic heterocycles. The Kier molecular flexibility index (Phi) is 6.58. The Morgan fingerprint density at radius 1 is 1.32 bits per heavy atom. The number of allylic oxidation sites excluding steroid dienone is 2. The minimum Gasteiger partial charge on any atom is -0.478 e. The molecule has 3 nitrogen and oxygen atoms in total. The lowest BCUT2D eigenvalue weighted by Crippen LogP contribution is -2.35. The van der Waals surface area contributed by atoms with Gasteiger partial charge in [0.2, 0.25) is 0 Å². The molecule has 25 heavy (non-hydrogen) atoms. The van der Waals surface area contributed by atoms with Gasteiger partial charge < -0.3 is 10.0 Å². The molecule has 1 aliphatic rings. The van der Waals surface area contributed by atoms with Crippen molar-refractivity contribution in [3.8, 4) is 0 Å². The lowest BCUT2D eigenvalue weighted by Gasteiger charge is -2.32. The quantitative estimate of drug-likeness (QED) is 0.724. The Morgan fingerprint density at radius 2 is 2.00 bits per heavy atom. The average molecular weight is 371 g/mol. The third kappa shape index (κ3) is 5.04. The maximum absolute atomic E-state index is 14.2. The van der Waals surface area contributed by atoms with E-state index in [0.29, 0.717) is 6.54 Å². The monoisotopic (exact) mass is 371 g/mol. The van der Waals surface area contributed by atoms with Gasteiger partial charge in [-0.05, 0) is 30.7 Å². The molecule has 136 valence electrons. The van der Waals surface area contributed by atoms with E-state index in [-0.39, 0.29) is 16.9 Å². The van der Waals surface area contributed by atoms with E-state index in [1.54, 1.807) is 12.3 Å². The number of hydrogen-bond acceptors (Lipinski definition) is 3. The van der Waals surface area contributed by atoms with Crippen molar-refractivity contribution in [1.82, 2.24) is 4.90 Å². The van der Waals surface area contributed by atoms with Crippen LogP contribution in [0.5, 0.6) is 0 Å². The first-order valence-electron chi connectivity index (χ1n) is 7.98. The Balaban J connectivity index is 2.02. The molecule has 1 unspecified atom stereocenters. The summed E-state index contributed by atoms with van der Waals surface area (Å²) < 4.78 is 41.4. The highest BCUT2D eigenvalue weighted by atomic mass is 32.2. The molecule has 2 rings (SSSR count). The zero-order valence-electron chi connectivity index (χ0n) is 13.8. The highest BCUT2D eigenvalue weighted by Gasteiger charge is 2.33. The number of halogens is 3. The first kappa shape index (κ1) is 19.4. The van der Waals surface area contributed by atoms with Gasteiger partial charge in [0.25, 0.3) is 5.92 Å². The highest BCUT2D eigenvalue weighted by Crippen LogP contribution is 2.35. The summed E-state index contributed by atoms with van der Waals surface area (Å²) >= 11 is 1.18. The van der Waals surface area contributed by atoms with E-state index < -0.39 is 29.5 Å². The lowest BCUT2D eigenvalue weighted by molar-refractivity contribution is -0.133. The predicted molar refractivity (Wildman–Crippen MR) is 93.0 cm³/mol. The maximum atomic E-state index is 14.2. The van der Waals surface area contributed by atoms with Crippen molar-refractivity contribution in [2.45, 2.75) is 31.1 Å². The van der Waals surface area contributed by atoms with Crippen molar-refractivity contribution in [3.63, 3.8) is 0 Å². The van der Waals surface area contributed by atoms with Crippen LogP contribution in [0.25, 0.3) is 0 Å². The molecule has 1 aromatic rings. The molecule has 0 saturated carbocycles. The standard InChI is InChI=1S/C18H20F3NO2S/c1-2-10-22-11-3-4-15(17(23)24)16(22)25-12-9-18(20,21)13-5-7-14(19)8-6-13/h3-8,11,16H,2,9-10,12H2,1H3,(H,23,24). The number of carboxylic acids is 1. The van der Waals surface area contributed by atoms with Crippen molar-refractivity contribution in [2.75, 3.05) is 12.3 Å². The number of carbonyl (C=O) groups is 1. The van der Waals surface area contributed by atoms with E-state index in [1.165, 1.54) is 17.8 Å². The normalized spacial score (nSPS) is 17.5. The van der Waals surface area contributed by atoms with E-state index in [1.807, 2.05) is 11.8 Å². The third-order valence-electron chi connectivity index (χ3n) is 3.81. The number of benzene rings is 1. The summed E-state index contributed by atoms with van der Waals surface area (Å²) in [6, 6.07) is 4.18. The number of alkyl halides is 2. The van der Waals surface area contributed by atoms with Gasteiger partial charge in [-0.25, -0.2) is 18.0 Å². The van der Waals surface area contributed by atoms with E-state index in [9.17, 15) is 23.1 Å². The van der Waals surface area contributed by atoms with Gasteiger partial charge in [0, 0.05) is 30.5 Å². The highest BCUT2D eigenvalue weighted by molar-refractivity contribution is 8.00. The number of thioether (sulfide) groups is 1. The number of hydrogen-bond donors (Lipinski definition) is 1. The van der Waals surface area contributed by atoms with Gasteiger partial charge in [-0.2, -0.15) is 0 Å². The molecule has 1 atom stereocenters. The van der Waals surface area contributed by atoms with E-state index in [0.717, 1.165) is 30.7 Å². The van der Waals surface area contributed by atoms with Gasteiger partial charge in [0.05, 0.1) is 5.57 Å². The molecule has 0 saturated heterocycles. The molecule has 7 heteroatoms. The van der Waals surface area contributed by atoms with Gasteiger partial charge in [0.15, 0.2) is 0 Å². The molecule has 0 bridgehead atoms. The van der Waals surface area contributed by atoms with Crippen LogP contribution in [0.1, 0.15) is 25.3 Å². The van der Waals surface area contributed by atoms with E-state index in [4.69, 9.17) is 0 Å². The van der Waals surface area contributed by atoms with Crippen molar-refractivity contribution in [3.05, 3.63) is 59.6 Å². The zero-order valence-corrected chi connectivity index (χ0v) is 14.6. The van der Waals surface area contributed by atoms with Gasteiger partial charge in [-0.3, -0.25) is 0 Å². The Hall–Kier alpha value is -1.89. The fourth-order valence-electron chi connectivity index (χ4n) is 2.55. The van der Waals surface area contributed by atoms with Crippen LogP contribution in [-0.2, 0) is 10.7 Å². The van der Waals surface area contributed by atoms with Crippen LogP contribution >= 0.6 is 11.8 Å². The fraction of sp³-hybridized carbons (Fsp3) is 0.389. The van der Waals surface area contributed by atoms with Gasteiger partial charge >= 0.3 is 5.97 Å². The molecule has 0 aliphatic carbocycles. The number of carboxylic acid groups (broad SMARTS) is 1. The van der Waals surface area contributed by atoms with Crippen LogP contribution in [-0.4, -0.2) is 33.6 Å². The molecule has 0 amide bonds. The van der Waals surface area contributed by atoms with Crippen LogP contribution in [0, 0.1) is 5.82 Å². The summed E-state index contributed by atoms with van der Waals surface area (Å²) in [6.45, 7) is 2.62. The summed E-state index contributed by atoms with van der Waals surface area (Å²) in [6.07, 6.45) is 5.32. The summed E-state index contributed by atoms with van der Waals surface area (Å²) in [5, 5.41) is 8.84. The molecule has 0 aromatic heterocycles. The van der Waals surface area contributed by atoms with Gasteiger partial charge in [-0.15, -0.1) is 11.8 Å². The summed E-state index contributed by atoms with van der Waals surface area (Å²) in [5.41, 5.74) is -0.0523. The minimum atomic E-state index is -3.09. The first-order chi connectivity index (χ1) is 11.8. The maximum Gasteiger partial charge on any atom is 0.334 e. The Labute approximate surface area is 149 Å². The second kappa shape index (κ2) is 8.47. The third-order valence-corrected chi connectivity index (χ3v) is 5.09. The molecular formula is C18H20F3NO2S. The molecule has 0 spiro atoms. The number of rotatable bonds is 8. The van der Waals surface area contributed by atoms with Gasteiger partial charge in [-0.1, -0.05) is 19.1 Å². The largest absolute Gasteiger partial charge is 0.478 e. The van der Waals surface area contributed by atoms with E-state index >= 15 is 0 Å². The lowest BCUT2D eigenvalue weighted by atomic mass is 10.1. The van der Waals surface area contributed by atoms with Crippen LogP contribution < -0.4 is 0 Å². The summed E-state index contributed by atoms with van der Waals surface area (Å²) in [4.78, 5) is 13.3. The summed E-state index contributed by atoms with van der Waals surface area (Å²) in [7, 11) is 0. The molecule has 1 aromatic carbocycles.